The van der Waals surface area contributed by atoms with Gasteiger partial charge >= 0.3 is 11.9 Å². The molecule has 0 aliphatic heterocycles. The first-order valence-electron chi connectivity index (χ1n) is 28.8. The van der Waals surface area contributed by atoms with E-state index >= 15 is 0 Å². The molecule has 0 rings (SSSR count). The molecular weight excluding hydrogens is 813 g/mol. The van der Waals surface area contributed by atoms with Crippen LogP contribution in [0, 0.1) is 0 Å². The summed E-state index contributed by atoms with van der Waals surface area (Å²) in [6.45, 7) is 7.69. The summed E-state index contributed by atoms with van der Waals surface area (Å²) >= 11 is 0. The maximum Gasteiger partial charge on any atom is 0.306 e. The zero-order valence-corrected chi connectivity index (χ0v) is 44.2. The Bertz CT molecular complexity index is 1130. The third-order valence-electron chi connectivity index (χ3n) is 12.5. The van der Waals surface area contributed by atoms with Gasteiger partial charge in [0.05, 0.1) is 6.61 Å². The van der Waals surface area contributed by atoms with Gasteiger partial charge in [0.15, 0.2) is 6.10 Å². The Morgan fingerprint density at radius 3 is 1.11 bits per heavy atom. The highest BCUT2D eigenvalue weighted by atomic mass is 16.6. The molecule has 66 heavy (non-hydrogen) atoms. The molecule has 0 saturated heterocycles. The second kappa shape index (κ2) is 56.9. The van der Waals surface area contributed by atoms with Gasteiger partial charge in [0.2, 0.25) is 0 Å². The van der Waals surface area contributed by atoms with Gasteiger partial charge in [0, 0.05) is 19.4 Å². The first kappa shape index (κ1) is 63.6. The highest BCUT2D eigenvalue weighted by Gasteiger charge is 2.17. The Morgan fingerprint density at radius 1 is 0.348 bits per heavy atom. The van der Waals surface area contributed by atoms with E-state index in [2.05, 4.69) is 81.5 Å². The fraction of sp³-hybridized carbons (Fsp3) is 0.803. The van der Waals surface area contributed by atoms with Gasteiger partial charge in [-0.05, 0) is 103 Å². The van der Waals surface area contributed by atoms with Crippen LogP contribution in [0.4, 0.5) is 0 Å². The number of carbonyl (C=O) groups excluding carboxylic acids is 2. The minimum atomic E-state index is -0.552. The van der Waals surface area contributed by atoms with Gasteiger partial charge < -0.3 is 14.2 Å². The number of allylic oxidation sites excluding steroid dienone is 10. The van der Waals surface area contributed by atoms with E-state index in [0.717, 1.165) is 70.6 Å². The number of hydrogen-bond acceptors (Lipinski definition) is 5. The zero-order chi connectivity index (χ0) is 47.7. The molecule has 5 nitrogen and oxygen atoms in total. The molecule has 0 aliphatic rings. The topological polar surface area (TPSA) is 61.8 Å². The molecule has 384 valence electrons. The molecule has 0 heterocycles. The van der Waals surface area contributed by atoms with E-state index in [1.54, 1.807) is 0 Å². The fourth-order valence-electron chi connectivity index (χ4n) is 8.22. The molecule has 0 amide bonds. The summed E-state index contributed by atoms with van der Waals surface area (Å²) in [5.41, 5.74) is 0. The summed E-state index contributed by atoms with van der Waals surface area (Å²) < 4.78 is 17.4. The SMILES string of the molecule is CC/C=C\C/C=C\C/C=C\CCCCCCOCC(COC(=O)CCCCCCCCCCC/C=C\CCCCCCCC)OC(=O)CCCCCCCCC/C=C\CCCCCCCC. The van der Waals surface area contributed by atoms with Crippen molar-refractivity contribution in [3.8, 4) is 0 Å². The van der Waals surface area contributed by atoms with Crippen LogP contribution in [0.1, 0.15) is 290 Å². The molecule has 0 saturated carbocycles. The zero-order valence-electron chi connectivity index (χ0n) is 44.2. The lowest BCUT2D eigenvalue weighted by molar-refractivity contribution is -0.163. The molecule has 0 fully saturated rings. The minimum Gasteiger partial charge on any atom is -0.462 e. The first-order valence-corrected chi connectivity index (χ1v) is 28.8. The maximum absolute atomic E-state index is 12.9. The van der Waals surface area contributed by atoms with Crippen molar-refractivity contribution in [2.45, 2.75) is 297 Å². The van der Waals surface area contributed by atoms with Crippen LogP contribution in [0.25, 0.3) is 0 Å². The normalized spacial score (nSPS) is 12.6. The van der Waals surface area contributed by atoms with Crippen molar-refractivity contribution in [2.75, 3.05) is 19.8 Å². The summed E-state index contributed by atoms with van der Waals surface area (Å²) in [7, 11) is 0. The van der Waals surface area contributed by atoms with Crippen LogP contribution >= 0.6 is 0 Å². The molecule has 0 radical (unpaired) electrons. The van der Waals surface area contributed by atoms with Crippen LogP contribution in [-0.2, 0) is 23.8 Å². The highest BCUT2D eigenvalue weighted by Crippen LogP contribution is 2.15. The number of hydrogen-bond donors (Lipinski definition) is 0. The Morgan fingerprint density at radius 2 is 0.682 bits per heavy atom. The summed E-state index contributed by atoms with van der Waals surface area (Å²) in [4.78, 5) is 25.5. The monoisotopic (exact) mass is 923 g/mol. The van der Waals surface area contributed by atoms with E-state index in [1.165, 1.54) is 186 Å². The predicted octanol–water partition coefficient (Wildman–Crippen LogP) is 19.7. The maximum atomic E-state index is 12.9. The van der Waals surface area contributed by atoms with E-state index in [4.69, 9.17) is 14.2 Å². The van der Waals surface area contributed by atoms with Crippen molar-refractivity contribution in [3.63, 3.8) is 0 Å². The van der Waals surface area contributed by atoms with E-state index in [9.17, 15) is 9.59 Å². The number of ether oxygens (including phenoxy) is 3. The van der Waals surface area contributed by atoms with Crippen LogP contribution in [0.3, 0.4) is 0 Å². The molecule has 0 N–H and O–H groups in total. The van der Waals surface area contributed by atoms with Gasteiger partial charge in [0.25, 0.3) is 0 Å². The third-order valence-corrected chi connectivity index (χ3v) is 12.5. The summed E-state index contributed by atoms with van der Waals surface area (Å²) in [5.74, 6) is -0.407. The summed E-state index contributed by atoms with van der Waals surface area (Å²) in [6, 6.07) is 0. The van der Waals surface area contributed by atoms with Crippen molar-refractivity contribution in [2.24, 2.45) is 0 Å². The summed E-state index contributed by atoms with van der Waals surface area (Å²) in [6.07, 6.45) is 72.4. The quantitative estimate of drug-likeness (QED) is 0.0346. The molecule has 0 spiro atoms. The van der Waals surface area contributed by atoms with Gasteiger partial charge in [-0.25, -0.2) is 0 Å². The van der Waals surface area contributed by atoms with Crippen LogP contribution in [-0.4, -0.2) is 37.9 Å². The minimum absolute atomic E-state index is 0.0741. The molecule has 0 bridgehead atoms. The molecule has 5 heteroatoms. The average Bonchev–Trinajstić information content (AvgIpc) is 3.32. The second-order valence-electron chi connectivity index (χ2n) is 19.2. The lowest BCUT2D eigenvalue weighted by atomic mass is 10.1. The van der Waals surface area contributed by atoms with E-state index in [-0.39, 0.29) is 25.2 Å². The fourth-order valence-corrected chi connectivity index (χ4v) is 8.22. The van der Waals surface area contributed by atoms with Gasteiger partial charge in [-0.15, -0.1) is 0 Å². The predicted molar refractivity (Wildman–Crippen MR) is 288 cm³/mol. The van der Waals surface area contributed by atoms with E-state index in [1.807, 2.05) is 0 Å². The number of esters is 2. The van der Waals surface area contributed by atoms with Gasteiger partial charge in [-0.3, -0.25) is 9.59 Å². The largest absolute Gasteiger partial charge is 0.462 e. The van der Waals surface area contributed by atoms with Gasteiger partial charge in [0.1, 0.15) is 6.61 Å². The van der Waals surface area contributed by atoms with Crippen molar-refractivity contribution < 1.29 is 23.8 Å². The van der Waals surface area contributed by atoms with Gasteiger partial charge in [-0.1, -0.05) is 236 Å². The number of unbranched alkanes of at least 4 members (excludes halogenated alkanes) is 32. The first-order chi connectivity index (χ1) is 32.6. The number of rotatable bonds is 53. The smallest absolute Gasteiger partial charge is 0.306 e. The standard InChI is InChI=1S/C61H110O5/c1-4-7-10-13-16-19-22-25-28-30-31-33-34-36-39-42-45-48-51-54-60(62)65-58-59(57-64-56-53-50-47-44-41-38-27-24-21-18-15-12-9-6-3)66-61(63)55-52-49-46-43-40-37-35-32-29-26-23-20-17-14-11-8-5-2/h9,12,18,21,25-29,38,59H,4-8,10-11,13-17,19-20,22-24,30-37,39-58H2,1-3H3/b12-9-,21-18-,28-25-,29-26-,38-27-. The Labute approximate surface area is 411 Å². The third kappa shape index (κ3) is 54.2. The van der Waals surface area contributed by atoms with Crippen molar-refractivity contribution in [3.05, 3.63) is 60.8 Å². The van der Waals surface area contributed by atoms with Crippen LogP contribution < -0.4 is 0 Å². The second-order valence-corrected chi connectivity index (χ2v) is 19.2. The van der Waals surface area contributed by atoms with Crippen molar-refractivity contribution in [1.29, 1.82) is 0 Å². The van der Waals surface area contributed by atoms with Gasteiger partial charge in [-0.2, -0.15) is 0 Å². The highest BCUT2D eigenvalue weighted by molar-refractivity contribution is 5.70. The van der Waals surface area contributed by atoms with Crippen molar-refractivity contribution >= 4 is 11.9 Å². The molecule has 1 atom stereocenters. The lowest BCUT2D eigenvalue weighted by Gasteiger charge is -2.18. The summed E-state index contributed by atoms with van der Waals surface area (Å²) in [5, 5.41) is 0. The molecule has 1 unspecified atom stereocenters. The average molecular weight is 924 g/mol. The van der Waals surface area contributed by atoms with Crippen LogP contribution in [0.5, 0.6) is 0 Å². The molecule has 0 aliphatic carbocycles. The molecular formula is C61H110O5. The van der Waals surface area contributed by atoms with E-state index in [0.29, 0.717) is 19.4 Å². The van der Waals surface area contributed by atoms with Crippen molar-refractivity contribution in [1.82, 2.24) is 0 Å². The van der Waals surface area contributed by atoms with Crippen LogP contribution in [0.15, 0.2) is 60.8 Å². The van der Waals surface area contributed by atoms with E-state index < -0.39 is 6.10 Å². The Balaban J connectivity index is 4.27. The Kier molecular flexibility index (Phi) is 54.9. The molecule has 0 aromatic heterocycles. The number of carbonyl (C=O) groups is 2. The molecule has 0 aromatic carbocycles. The Hall–Kier alpha value is -2.40. The lowest BCUT2D eigenvalue weighted by Crippen LogP contribution is -2.30. The van der Waals surface area contributed by atoms with Crippen LogP contribution in [0.2, 0.25) is 0 Å². The molecule has 0 aromatic rings.